The summed E-state index contributed by atoms with van der Waals surface area (Å²) < 4.78 is 14.8. The Kier molecular flexibility index (Phi) is 5.02. The van der Waals surface area contributed by atoms with Crippen LogP contribution in [0.4, 0.5) is 10.1 Å². The number of aliphatic hydroxyl groups excluding tert-OH is 2. The van der Waals surface area contributed by atoms with Crippen LogP contribution in [-0.2, 0) is 16.0 Å². The summed E-state index contributed by atoms with van der Waals surface area (Å²) in [6.45, 7) is 0. The van der Waals surface area contributed by atoms with E-state index in [1.807, 2.05) is 0 Å². The van der Waals surface area contributed by atoms with Crippen molar-refractivity contribution in [1.82, 2.24) is 4.90 Å². The number of anilines is 1. The topological polar surface area (TPSA) is 173 Å². The maximum absolute atomic E-state index is 14.8. The first-order chi connectivity index (χ1) is 15.4. The van der Waals surface area contributed by atoms with Gasteiger partial charge < -0.3 is 31.5 Å². The molecule has 3 aliphatic carbocycles. The minimum Gasteiger partial charge on any atom is -0.510 e. The maximum atomic E-state index is 14.8. The van der Waals surface area contributed by atoms with Crippen LogP contribution >= 0.6 is 0 Å². The molecule has 7 N–H and O–H groups in total. The lowest BCUT2D eigenvalue weighted by Gasteiger charge is -2.50. The van der Waals surface area contributed by atoms with E-state index in [4.69, 9.17) is 5.73 Å². The second-order valence-corrected chi connectivity index (χ2v) is 8.82. The highest BCUT2D eigenvalue weighted by molar-refractivity contribution is 6.24. The van der Waals surface area contributed by atoms with Gasteiger partial charge in [0.15, 0.2) is 11.4 Å². The number of aliphatic hydroxyl groups is 3. The average Bonchev–Trinajstić information content (AvgIpc) is 2.72. The number of Topliss-reactive ketones (excluding diaryl/α,β-unsaturated/α-hetero) is 2. The predicted octanol–water partition coefficient (Wildman–Crippen LogP) is 0.301. The van der Waals surface area contributed by atoms with Gasteiger partial charge in [-0.3, -0.25) is 19.3 Å². The number of ketones is 2. The molecule has 1 aromatic carbocycles. The van der Waals surface area contributed by atoms with E-state index in [2.05, 4.69) is 5.32 Å². The maximum Gasteiger partial charge on any atom is 0.255 e. The molecule has 0 aliphatic heterocycles. The van der Waals surface area contributed by atoms with Gasteiger partial charge in [0.2, 0.25) is 5.78 Å². The van der Waals surface area contributed by atoms with E-state index in [1.165, 1.54) is 26.0 Å². The van der Waals surface area contributed by atoms with Crippen molar-refractivity contribution in [3.8, 4) is 5.75 Å². The lowest BCUT2D eigenvalue weighted by Crippen LogP contribution is -2.63. The number of allylic oxidation sites excluding steroid dienone is 1. The number of aromatic hydroxyl groups is 1. The monoisotopic (exact) mass is 461 g/mol. The molecule has 0 saturated heterocycles. The van der Waals surface area contributed by atoms with Crippen molar-refractivity contribution in [2.75, 3.05) is 26.5 Å². The molecule has 0 heterocycles. The van der Waals surface area contributed by atoms with Gasteiger partial charge in [-0.2, -0.15) is 0 Å². The van der Waals surface area contributed by atoms with Crippen LogP contribution in [0, 0.1) is 17.7 Å². The smallest absolute Gasteiger partial charge is 0.255 e. The number of rotatable bonds is 3. The average molecular weight is 461 g/mol. The number of halogens is 1. The van der Waals surface area contributed by atoms with Crippen LogP contribution < -0.4 is 11.1 Å². The first-order valence-electron chi connectivity index (χ1n) is 10.2. The molecule has 1 amide bonds. The molecule has 0 saturated carbocycles. The number of phenolic OH excluding ortho intramolecular Hbond substituents is 1. The second-order valence-electron chi connectivity index (χ2n) is 8.82. The Morgan fingerprint density at radius 3 is 2.45 bits per heavy atom. The molecular formula is C22H24FN3O7. The predicted molar refractivity (Wildman–Crippen MR) is 113 cm³/mol. The van der Waals surface area contributed by atoms with E-state index in [0.29, 0.717) is 0 Å². The van der Waals surface area contributed by atoms with Gasteiger partial charge in [0.1, 0.15) is 28.7 Å². The minimum absolute atomic E-state index is 0.0455. The van der Waals surface area contributed by atoms with Gasteiger partial charge in [0, 0.05) is 30.2 Å². The number of carbonyl (C=O) groups excluding carboxylic acids is 3. The number of benzene rings is 1. The Hall–Kier alpha value is -3.44. The molecule has 33 heavy (non-hydrogen) atoms. The lowest BCUT2D eigenvalue weighted by atomic mass is 9.58. The second kappa shape index (κ2) is 7.29. The molecule has 0 bridgehead atoms. The first-order valence-corrected chi connectivity index (χ1v) is 10.2. The fourth-order valence-electron chi connectivity index (χ4n) is 5.46. The molecule has 10 nitrogen and oxygen atoms in total. The van der Waals surface area contributed by atoms with Crippen molar-refractivity contribution in [2.24, 2.45) is 17.6 Å². The van der Waals surface area contributed by atoms with E-state index in [-0.39, 0.29) is 35.2 Å². The van der Waals surface area contributed by atoms with E-state index < -0.39 is 69.6 Å². The normalized spacial score (nSPS) is 29.1. The Morgan fingerprint density at radius 1 is 1.27 bits per heavy atom. The zero-order valence-electron chi connectivity index (χ0n) is 18.1. The molecule has 4 rings (SSSR count). The number of fused-ring (bicyclic) bond motifs is 3. The quantitative estimate of drug-likeness (QED) is 0.273. The van der Waals surface area contributed by atoms with Crippen LogP contribution in [0.2, 0.25) is 0 Å². The summed E-state index contributed by atoms with van der Waals surface area (Å²) >= 11 is 0. The zero-order chi connectivity index (χ0) is 24.6. The number of phenols is 1. The summed E-state index contributed by atoms with van der Waals surface area (Å²) in [6.07, 6.45) is -0.197. The van der Waals surface area contributed by atoms with Gasteiger partial charge in [-0.05, 0) is 32.9 Å². The molecule has 0 radical (unpaired) electrons. The minimum atomic E-state index is -2.72. The highest BCUT2D eigenvalue weighted by Gasteiger charge is 2.63. The van der Waals surface area contributed by atoms with Gasteiger partial charge in [0.05, 0.1) is 17.3 Å². The summed E-state index contributed by atoms with van der Waals surface area (Å²) in [5, 5.41) is 46.4. The van der Waals surface area contributed by atoms with E-state index in [1.54, 1.807) is 0 Å². The van der Waals surface area contributed by atoms with E-state index >= 15 is 0 Å². The molecule has 0 fully saturated rings. The van der Waals surface area contributed by atoms with Gasteiger partial charge >= 0.3 is 0 Å². The highest BCUT2D eigenvalue weighted by atomic mass is 19.1. The zero-order valence-corrected chi connectivity index (χ0v) is 18.1. The molecule has 3 aliphatic rings. The molecule has 0 unspecified atom stereocenters. The number of amides is 1. The third kappa shape index (κ3) is 2.82. The van der Waals surface area contributed by atoms with Crippen molar-refractivity contribution in [3.05, 3.63) is 45.7 Å². The number of primary amides is 1. The van der Waals surface area contributed by atoms with Crippen molar-refractivity contribution in [3.63, 3.8) is 0 Å². The van der Waals surface area contributed by atoms with Crippen LogP contribution in [0.1, 0.15) is 22.3 Å². The number of nitrogens with one attached hydrogen (secondary N) is 1. The summed E-state index contributed by atoms with van der Waals surface area (Å²) in [7, 11) is 4.49. The number of nitrogens with zero attached hydrogens (tertiary/aromatic N) is 1. The molecule has 11 heteroatoms. The fourth-order valence-corrected chi connectivity index (χ4v) is 5.46. The molecule has 4 atom stereocenters. The standard InChI is InChI=1S/C22H24FN3O7/c1-25-11-6-10(23)8-4-7-5-9-15(26(2)3)18(29)14(21(24)32)20(31)22(9,33)19(30)12(7)17(28)13(8)16(11)27/h6-7,9,15,25,27,29-30,33H,4-5H2,1-3H3,(H2,24,32)/t7-,9-,15-,22-/m0/s1. The van der Waals surface area contributed by atoms with Crippen molar-refractivity contribution in [2.45, 2.75) is 24.5 Å². The Labute approximate surface area is 187 Å². The van der Waals surface area contributed by atoms with Crippen LogP contribution in [0.25, 0.3) is 0 Å². The fraction of sp³-hybridized carbons (Fsp3) is 0.409. The number of nitrogens with two attached hydrogens (primary N) is 1. The van der Waals surface area contributed by atoms with E-state index in [0.717, 1.165) is 6.07 Å². The summed E-state index contributed by atoms with van der Waals surface area (Å²) in [6, 6.07) is -0.0457. The van der Waals surface area contributed by atoms with Crippen molar-refractivity contribution < 1.29 is 39.2 Å². The molecule has 0 aromatic heterocycles. The summed E-state index contributed by atoms with van der Waals surface area (Å²) in [5.41, 5.74) is 0.865. The third-order valence-electron chi connectivity index (χ3n) is 6.94. The molecular weight excluding hydrogens is 437 g/mol. The number of hydrogen-bond donors (Lipinski definition) is 6. The van der Waals surface area contributed by atoms with Gasteiger partial charge in [0.25, 0.3) is 5.91 Å². The Bertz CT molecular complexity index is 1190. The highest BCUT2D eigenvalue weighted by Crippen LogP contribution is 2.52. The van der Waals surface area contributed by atoms with Gasteiger partial charge in [-0.1, -0.05) is 0 Å². The SMILES string of the molecule is CNc1cc(F)c2c(c1O)C(=O)C1=C(O)[C@]3(O)C(=O)C(C(N)=O)=C(O)[C@@H](N(C)C)[C@@H]3C[C@@H]1C2. The van der Waals surface area contributed by atoms with Gasteiger partial charge in [-0.15, -0.1) is 0 Å². The van der Waals surface area contributed by atoms with Crippen molar-refractivity contribution >= 4 is 23.2 Å². The van der Waals surface area contributed by atoms with Crippen LogP contribution in [0.3, 0.4) is 0 Å². The number of likely N-dealkylation sites (N-methyl/N-ethyl adjacent to an activating group) is 1. The van der Waals surface area contributed by atoms with E-state index in [9.17, 15) is 39.2 Å². The Balaban J connectivity index is 1.98. The van der Waals surface area contributed by atoms with Crippen molar-refractivity contribution in [1.29, 1.82) is 0 Å². The van der Waals surface area contributed by atoms with Gasteiger partial charge in [-0.25, -0.2) is 4.39 Å². The number of hydrogen-bond acceptors (Lipinski definition) is 9. The summed E-state index contributed by atoms with van der Waals surface area (Å²) in [4.78, 5) is 39.9. The Morgan fingerprint density at radius 2 is 1.91 bits per heavy atom. The third-order valence-corrected chi connectivity index (χ3v) is 6.94. The first kappa shape index (κ1) is 22.7. The van der Waals surface area contributed by atoms with Crippen LogP contribution in [-0.4, -0.2) is 75.6 Å². The molecule has 1 aromatic rings. The molecule has 0 spiro atoms. The summed E-state index contributed by atoms with van der Waals surface area (Å²) in [5.74, 6) is -8.43. The van der Waals surface area contributed by atoms with Crippen LogP contribution in [0.5, 0.6) is 5.75 Å². The molecule has 176 valence electrons. The lowest BCUT2D eigenvalue weighted by molar-refractivity contribution is -0.148. The number of carbonyl (C=O) groups is 3. The largest absolute Gasteiger partial charge is 0.510 e. The van der Waals surface area contributed by atoms with Crippen LogP contribution in [0.15, 0.2) is 28.7 Å².